The van der Waals surface area contributed by atoms with Crippen LogP contribution in [-0.2, 0) is 12.0 Å². The van der Waals surface area contributed by atoms with Crippen molar-refractivity contribution in [2.75, 3.05) is 0 Å². The fraction of sp³-hybridized carbons (Fsp3) is 0.471. The summed E-state index contributed by atoms with van der Waals surface area (Å²) in [6.07, 6.45) is 1.07. The van der Waals surface area contributed by atoms with Crippen LogP contribution in [0.25, 0.3) is 0 Å². The van der Waals surface area contributed by atoms with Crippen molar-refractivity contribution in [1.82, 2.24) is 10.3 Å². The van der Waals surface area contributed by atoms with Crippen LogP contribution in [0.2, 0.25) is 0 Å². The van der Waals surface area contributed by atoms with E-state index in [2.05, 4.69) is 78.6 Å². The van der Waals surface area contributed by atoms with Crippen molar-refractivity contribution in [3.05, 3.63) is 50.4 Å². The second kappa shape index (κ2) is 7.03. The maximum absolute atomic E-state index is 4.74. The first-order valence-electron chi connectivity index (χ1n) is 7.34. The van der Waals surface area contributed by atoms with Crippen LogP contribution in [0.3, 0.4) is 0 Å². The molecule has 0 fully saturated rings. The van der Waals surface area contributed by atoms with Crippen LogP contribution in [-0.4, -0.2) is 4.98 Å². The molecule has 0 saturated carbocycles. The number of nitrogens with one attached hydrogen (secondary N) is 1. The molecule has 0 aliphatic heterocycles. The first-order valence-corrected chi connectivity index (χ1v) is 9.01. The highest BCUT2D eigenvalue weighted by Crippen LogP contribution is 2.26. The summed E-state index contributed by atoms with van der Waals surface area (Å²) in [7, 11) is 0. The Bertz CT molecular complexity index is 569. The number of benzene rings is 1. The molecule has 0 spiro atoms. The Morgan fingerprint density at radius 2 is 1.90 bits per heavy atom. The van der Waals surface area contributed by atoms with Crippen molar-refractivity contribution in [2.24, 2.45) is 0 Å². The van der Waals surface area contributed by atoms with Crippen LogP contribution in [0, 0.1) is 0 Å². The average Bonchev–Trinajstić information content (AvgIpc) is 2.90. The van der Waals surface area contributed by atoms with Crippen molar-refractivity contribution in [3.8, 4) is 0 Å². The number of hydrogen-bond acceptors (Lipinski definition) is 3. The van der Waals surface area contributed by atoms with E-state index >= 15 is 0 Å². The first-order chi connectivity index (χ1) is 9.90. The molecule has 114 valence electrons. The van der Waals surface area contributed by atoms with Crippen LogP contribution in [0.15, 0.2) is 34.1 Å². The van der Waals surface area contributed by atoms with Gasteiger partial charge in [0.15, 0.2) is 0 Å². The van der Waals surface area contributed by atoms with Gasteiger partial charge in [0, 0.05) is 27.9 Å². The summed E-state index contributed by atoms with van der Waals surface area (Å²) in [6, 6.07) is 8.91. The molecular weight excluding hydrogens is 344 g/mol. The Kier molecular flexibility index (Phi) is 5.58. The second-order valence-electron chi connectivity index (χ2n) is 6.29. The third kappa shape index (κ3) is 4.63. The second-order valence-corrected chi connectivity index (χ2v) is 8.06. The predicted octanol–water partition coefficient (Wildman–Crippen LogP) is 5.44. The van der Waals surface area contributed by atoms with Crippen molar-refractivity contribution in [3.63, 3.8) is 0 Å². The molecule has 1 aromatic carbocycles. The van der Waals surface area contributed by atoms with Gasteiger partial charge in [-0.2, -0.15) is 0 Å². The van der Waals surface area contributed by atoms with E-state index in [1.807, 2.05) is 0 Å². The number of nitrogens with zero attached hydrogens (tertiary/aromatic N) is 1. The summed E-state index contributed by atoms with van der Waals surface area (Å²) >= 11 is 5.24. The lowest BCUT2D eigenvalue weighted by molar-refractivity contribution is 0.512. The molecule has 0 radical (unpaired) electrons. The lowest BCUT2D eigenvalue weighted by Gasteiger charge is -2.17. The van der Waals surface area contributed by atoms with Crippen LogP contribution in [0.4, 0.5) is 0 Å². The molecule has 0 aliphatic carbocycles. The van der Waals surface area contributed by atoms with E-state index in [1.54, 1.807) is 11.3 Å². The predicted molar refractivity (Wildman–Crippen MR) is 94.8 cm³/mol. The third-order valence-electron chi connectivity index (χ3n) is 3.40. The molecule has 0 saturated heterocycles. The van der Waals surface area contributed by atoms with Crippen LogP contribution >= 0.6 is 27.3 Å². The van der Waals surface area contributed by atoms with Crippen molar-refractivity contribution in [2.45, 2.75) is 52.1 Å². The molecule has 0 amide bonds. The Hall–Kier alpha value is -0.710. The van der Waals surface area contributed by atoms with Gasteiger partial charge in [-0.25, -0.2) is 4.98 Å². The normalized spacial score (nSPS) is 13.4. The van der Waals surface area contributed by atoms with Crippen LogP contribution in [0.1, 0.15) is 56.4 Å². The summed E-state index contributed by atoms with van der Waals surface area (Å²) in [6.45, 7) is 9.65. The SMILES string of the molecule is CCC(NCc1csc(C(C)(C)C)n1)c1ccc(Br)cc1. The number of rotatable bonds is 5. The largest absolute Gasteiger partial charge is 0.304 e. The molecule has 1 heterocycles. The Morgan fingerprint density at radius 1 is 1.24 bits per heavy atom. The fourth-order valence-electron chi connectivity index (χ4n) is 2.15. The van der Waals surface area contributed by atoms with Gasteiger partial charge in [0.05, 0.1) is 10.7 Å². The van der Waals surface area contributed by atoms with Gasteiger partial charge in [0.2, 0.25) is 0 Å². The quantitative estimate of drug-likeness (QED) is 0.761. The number of aromatic nitrogens is 1. The van der Waals surface area contributed by atoms with Crippen molar-refractivity contribution < 1.29 is 0 Å². The van der Waals surface area contributed by atoms with Gasteiger partial charge in [0.1, 0.15) is 0 Å². The molecular formula is C17H23BrN2S. The van der Waals surface area contributed by atoms with E-state index in [0.29, 0.717) is 6.04 Å². The summed E-state index contributed by atoms with van der Waals surface area (Å²) in [4.78, 5) is 4.74. The standard InChI is InChI=1S/C17H23BrN2S/c1-5-15(12-6-8-13(18)9-7-12)19-10-14-11-21-16(20-14)17(2,3)4/h6-9,11,15,19H,5,10H2,1-4H3. The molecule has 21 heavy (non-hydrogen) atoms. The monoisotopic (exact) mass is 366 g/mol. The fourth-order valence-corrected chi connectivity index (χ4v) is 3.32. The zero-order valence-electron chi connectivity index (χ0n) is 13.1. The maximum atomic E-state index is 4.74. The zero-order chi connectivity index (χ0) is 15.5. The van der Waals surface area contributed by atoms with Crippen molar-refractivity contribution in [1.29, 1.82) is 0 Å². The van der Waals surface area contributed by atoms with Gasteiger partial charge in [-0.1, -0.05) is 55.8 Å². The van der Waals surface area contributed by atoms with E-state index in [0.717, 1.165) is 23.1 Å². The Balaban J connectivity index is 2.00. The minimum absolute atomic E-state index is 0.138. The lowest BCUT2D eigenvalue weighted by atomic mass is 9.98. The molecule has 0 bridgehead atoms. The molecule has 2 aromatic rings. The van der Waals surface area contributed by atoms with E-state index in [1.165, 1.54) is 10.6 Å². The average molecular weight is 367 g/mol. The third-order valence-corrected chi connectivity index (χ3v) is 5.25. The van der Waals surface area contributed by atoms with Crippen molar-refractivity contribution >= 4 is 27.3 Å². The highest BCUT2D eigenvalue weighted by atomic mass is 79.9. The Labute approximate surface area is 140 Å². The van der Waals surface area contributed by atoms with E-state index in [4.69, 9.17) is 4.98 Å². The number of halogens is 1. The summed E-state index contributed by atoms with van der Waals surface area (Å²) in [5.41, 5.74) is 2.60. The molecule has 2 nitrogen and oxygen atoms in total. The molecule has 1 N–H and O–H groups in total. The van der Waals surface area contributed by atoms with E-state index < -0.39 is 0 Å². The lowest BCUT2D eigenvalue weighted by Crippen LogP contribution is -2.20. The van der Waals surface area contributed by atoms with Gasteiger partial charge in [-0.15, -0.1) is 11.3 Å². The number of hydrogen-bond donors (Lipinski definition) is 1. The molecule has 1 atom stereocenters. The van der Waals surface area contributed by atoms with E-state index in [9.17, 15) is 0 Å². The Morgan fingerprint density at radius 3 is 2.43 bits per heavy atom. The molecule has 0 aliphatic rings. The molecule has 2 rings (SSSR count). The first kappa shape index (κ1) is 16.7. The topological polar surface area (TPSA) is 24.9 Å². The van der Waals surface area contributed by atoms with Crippen LogP contribution < -0.4 is 5.32 Å². The minimum Gasteiger partial charge on any atom is -0.304 e. The van der Waals surface area contributed by atoms with Gasteiger partial charge in [0.25, 0.3) is 0 Å². The highest BCUT2D eigenvalue weighted by molar-refractivity contribution is 9.10. The maximum Gasteiger partial charge on any atom is 0.0982 e. The minimum atomic E-state index is 0.138. The molecule has 1 aromatic heterocycles. The van der Waals surface area contributed by atoms with Gasteiger partial charge in [-0.3, -0.25) is 0 Å². The smallest absolute Gasteiger partial charge is 0.0982 e. The molecule has 4 heteroatoms. The van der Waals surface area contributed by atoms with Gasteiger partial charge < -0.3 is 5.32 Å². The summed E-state index contributed by atoms with van der Waals surface area (Å²) < 4.78 is 1.12. The number of thiazole rings is 1. The molecule has 1 unspecified atom stereocenters. The van der Waals surface area contributed by atoms with Gasteiger partial charge in [-0.05, 0) is 24.1 Å². The van der Waals surface area contributed by atoms with Crippen LogP contribution in [0.5, 0.6) is 0 Å². The van der Waals surface area contributed by atoms with E-state index in [-0.39, 0.29) is 5.41 Å². The zero-order valence-corrected chi connectivity index (χ0v) is 15.5. The van der Waals surface area contributed by atoms with Gasteiger partial charge >= 0.3 is 0 Å². The summed E-state index contributed by atoms with van der Waals surface area (Å²) in [5, 5.41) is 6.99. The summed E-state index contributed by atoms with van der Waals surface area (Å²) in [5.74, 6) is 0. The highest BCUT2D eigenvalue weighted by Gasteiger charge is 2.18.